The second-order valence-corrected chi connectivity index (χ2v) is 2.55. The topological polar surface area (TPSA) is 195 Å². The average Bonchev–Trinajstić information content (AvgIpc) is 2.13. The molecule has 0 bridgehead atoms. The summed E-state index contributed by atoms with van der Waals surface area (Å²) < 4.78 is 0. The third-order valence-corrected chi connectivity index (χ3v) is 0.805. The smallest absolute Gasteiger partial charge is 0.550 e. The Balaban J connectivity index is -0.000000105. The van der Waals surface area contributed by atoms with Crippen LogP contribution in [-0.2, 0) is 19.2 Å². The molecule has 0 amide bonds. The van der Waals surface area contributed by atoms with E-state index in [4.69, 9.17) is 40.2 Å². The fraction of sp³-hybridized carbons (Fsp3) is 0.500. The molecule has 0 aromatic heterocycles. The van der Waals surface area contributed by atoms with Crippen molar-refractivity contribution in [3.8, 4) is 0 Å². The van der Waals surface area contributed by atoms with Gasteiger partial charge in [-0.2, -0.15) is 0 Å². The third kappa shape index (κ3) is 31.6. The normalized spacial score (nSPS) is 10.9. The van der Waals surface area contributed by atoms with Gasteiger partial charge in [-0.15, -0.1) is 0 Å². The molecule has 0 aromatic carbocycles. The van der Waals surface area contributed by atoms with Crippen LogP contribution in [0.15, 0.2) is 0 Å². The molecular formula is C8H12CaO10. The Morgan fingerprint density at radius 1 is 0.789 bits per heavy atom. The molecule has 11 heteroatoms. The van der Waals surface area contributed by atoms with Gasteiger partial charge in [-0.1, -0.05) is 0 Å². The maximum Gasteiger partial charge on any atom is 2.00 e. The summed E-state index contributed by atoms with van der Waals surface area (Å²) in [7, 11) is 0. The van der Waals surface area contributed by atoms with Crippen LogP contribution >= 0.6 is 0 Å². The van der Waals surface area contributed by atoms with Crippen molar-refractivity contribution in [2.75, 3.05) is 0 Å². The fourth-order valence-electron chi connectivity index (χ4n) is 0.270. The first-order valence-corrected chi connectivity index (χ1v) is 4.10. The quantitative estimate of drug-likeness (QED) is 0.366. The van der Waals surface area contributed by atoms with E-state index in [2.05, 4.69) is 0 Å². The minimum Gasteiger partial charge on any atom is -0.550 e. The molecule has 0 radical (unpaired) electrons. The molecule has 0 heterocycles. The molecule has 19 heavy (non-hydrogen) atoms. The number of hydrogen-bond acceptors (Lipinski definition) is 8. The van der Waals surface area contributed by atoms with Crippen LogP contribution in [0.25, 0.3) is 0 Å². The zero-order chi connectivity index (χ0) is 15.5. The van der Waals surface area contributed by atoms with Gasteiger partial charge in [0.15, 0.2) is 12.2 Å². The minimum atomic E-state index is -2.27. The van der Waals surface area contributed by atoms with Gasteiger partial charge in [-0.25, -0.2) is 9.59 Å². The Labute approximate surface area is 137 Å². The maximum absolute atomic E-state index is 9.77. The molecule has 0 spiro atoms. The number of aliphatic carboxylic acids is 4. The van der Waals surface area contributed by atoms with Crippen LogP contribution in [0.5, 0.6) is 0 Å². The summed E-state index contributed by atoms with van der Waals surface area (Å²) in [5, 5.41) is 50.3. The molecule has 0 aliphatic rings. The summed E-state index contributed by atoms with van der Waals surface area (Å²) in [4.78, 5) is 37.3. The van der Waals surface area contributed by atoms with E-state index in [1.165, 1.54) is 0 Å². The van der Waals surface area contributed by atoms with Crippen molar-refractivity contribution in [1.29, 1.82) is 0 Å². The zero-order valence-corrected chi connectivity index (χ0v) is 12.3. The summed E-state index contributed by atoms with van der Waals surface area (Å²) in [6, 6.07) is 0. The number of aliphatic hydroxyl groups excluding tert-OH is 2. The summed E-state index contributed by atoms with van der Waals surface area (Å²) in [5.41, 5.74) is 0. The van der Waals surface area contributed by atoms with Crippen molar-refractivity contribution < 1.29 is 49.8 Å². The SMILES string of the molecule is CC(=O)[O-].CC(=O)[O-].O=C(O)C(O)C(O)C(=O)O.[Ca+2]. The number of aliphatic hydroxyl groups is 2. The van der Waals surface area contributed by atoms with Crippen LogP contribution in [0.1, 0.15) is 13.8 Å². The molecule has 2 unspecified atom stereocenters. The van der Waals surface area contributed by atoms with E-state index in [9.17, 15) is 9.59 Å². The molecule has 10 nitrogen and oxygen atoms in total. The predicted octanol–water partition coefficient (Wildman–Crippen LogP) is -4.99. The summed E-state index contributed by atoms with van der Waals surface area (Å²) in [6.45, 7) is 1.94. The van der Waals surface area contributed by atoms with Gasteiger partial charge in [0.1, 0.15) is 0 Å². The van der Waals surface area contributed by atoms with Gasteiger partial charge in [0.25, 0.3) is 0 Å². The Kier molecular flexibility index (Phi) is 21.2. The van der Waals surface area contributed by atoms with E-state index in [0.717, 1.165) is 13.8 Å². The Bertz CT molecular complexity index is 264. The van der Waals surface area contributed by atoms with Crippen molar-refractivity contribution in [2.24, 2.45) is 0 Å². The first-order chi connectivity index (χ1) is 7.93. The molecule has 0 aromatic rings. The largest absolute Gasteiger partial charge is 2.00 e. The number of rotatable bonds is 3. The van der Waals surface area contributed by atoms with Gasteiger partial charge in [-0.3, -0.25) is 0 Å². The second-order valence-electron chi connectivity index (χ2n) is 2.55. The molecular weight excluding hydrogens is 296 g/mol. The Morgan fingerprint density at radius 3 is 0.947 bits per heavy atom. The van der Waals surface area contributed by atoms with Crippen LogP contribution in [0, 0.1) is 0 Å². The van der Waals surface area contributed by atoms with Gasteiger partial charge in [-0.05, 0) is 13.8 Å². The van der Waals surface area contributed by atoms with E-state index < -0.39 is 36.1 Å². The summed E-state index contributed by atoms with van der Waals surface area (Å²) in [6.07, 6.45) is -4.53. The van der Waals surface area contributed by atoms with Crippen molar-refractivity contribution in [3.05, 3.63) is 0 Å². The van der Waals surface area contributed by atoms with Crippen LogP contribution in [-0.4, -0.2) is 94.2 Å². The average molecular weight is 308 g/mol. The fourth-order valence-corrected chi connectivity index (χ4v) is 0.270. The maximum atomic E-state index is 9.77. The van der Waals surface area contributed by atoms with Gasteiger partial charge in [0, 0.05) is 11.9 Å². The van der Waals surface area contributed by atoms with Crippen LogP contribution < -0.4 is 10.2 Å². The second kappa shape index (κ2) is 15.1. The van der Waals surface area contributed by atoms with Crippen LogP contribution in [0.2, 0.25) is 0 Å². The van der Waals surface area contributed by atoms with Crippen LogP contribution in [0.3, 0.4) is 0 Å². The molecule has 106 valence electrons. The Morgan fingerprint density at radius 2 is 0.895 bits per heavy atom. The van der Waals surface area contributed by atoms with Crippen molar-refractivity contribution >= 4 is 61.6 Å². The molecule has 0 aliphatic carbocycles. The number of carboxylic acid groups (broad SMARTS) is 4. The van der Waals surface area contributed by atoms with Gasteiger partial charge in [0.05, 0.1) is 0 Å². The van der Waals surface area contributed by atoms with Crippen molar-refractivity contribution in [1.82, 2.24) is 0 Å². The first kappa shape index (κ1) is 26.6. The van der Waals surface area contributed by atoms with Gasteiger partial charge in [0.2, 0.25) is 0 Å². The van der Waals surface area contributed by atoms with Gasteiger partial charge < -0.3 is 40.2 Å². The predicted molar refractivity (Wildman–Crippen MR) is 54.4 cm³/mol. The summed E-state index contributed by atoms with van der Waals surface area (Å²) >= 11 is 0. The number of hydrogen-bond donors (Lipinski definition) is 4. The molecule has 4 N–H and O–H groups in total. The molecule has 2 atom stereocenters. The molecule has 0 saturated carbocycles. The standard InChI is InChI=1S/C4H6O6.2C2H4O2.Ca/c5-1(3(7)8)2(6)4(9)10;2*1-2(3)4;/h1-2,5-6H,(H,7,8)(H,9,10);2*1H3,(H,3,4);/q;;;+2/p-2. The summed E-state index contributed by atoms with van der Waals surface area (Å²) in [5.74, 6) is -5.70. The zero-order valence-electron chi connectivity index (χ0n) is 10.1. The monoisotopic (exact) mass is 308 g/mol. The van der Waals surface area contributed by atoms with Crippen molar-refractivity contribution in [2.45, 2.75) is 26.1 Å². The van der Waals surface area contributed by atoms with Crippen LogP contribution in [0.4, 0.5) is 0 Å². The third-order valence-electron chi connectivity index (χ3n) is 0.805. The number of carboxylic acids is 4. The van der Waals surface area contributed by atoms with E-state index >= 15 is 0 Å². The Hall–Kier alpha value is -0.940. The molecule has 0 saturated heterocycles. The minimum absolute atomic E-state index is 0. The number of carbonyl (C=O) groups is 4. The van der Waals surface area contributed by atoms with Gasteiger partial charge >= 0.3 is 49.7 Å². The number of carbonyl (C=O) groups excluding carboxylic acids is 2. The van der Waals surface area contributed by atoms with Crippen molar-refractivity contribution in [3.63, 3.8) is 0 Å². The molecule has 0 fully saturated rings. The molecule has 0 aliphatic heterocycles. The first-order valence-electron chi connectivity index (χ1n) is 4.10. The van der Waals surface area contributed by atoms with E-state index in [0.29, 0.717) is 0 Å². The van der Waals surface area contributed by atoms with E-state index in [1.54, 1.807) is 0 Å². The molecule has 0 rings (SSSR count). The van der Waals surface area contributed by atoms with E-state index in [1.807, 2.05) is 0 Å². The van der Waals surface area contributed by atoms with E-state index in [-0.39, 0.29) is 37.7 Å².